The van der Waals surface area contributed by atoms with Crippen LogP contribution < -0.4 is 5.32 Å². The van der Waals surface area contributed by atoms with E-state index >= 15 is 0 Å². The van der Waals surface area contributed by atoms with E-state index < -0.39 is 27.9 Å². The molecule has 1 saturated heterocycles. The molecule has 0 radical (unpaired) electrons. The number of amides is 1. The smallest absolute Gasteiger partial charge is 0.326 e. The number of aliphatic carboxylic acids is 1. The summed E-state index contributed by atoms with van der Waals surface area (Å²) in [7, 11) is -3.33. The fourth-order valence-corrected chi connectivity index (χ4v) is 3.24. The Kier molecular flexibility index (Phi) is 4.69. The Bertz CT molecular complexity index is 432. The van der Waals surface area contributed by atoms with E-state index in [4.69, 9.17) is 5.11 Å². The van der Waals surface area contributed by atoms with Crippen LogP contribution in [0.5, 0.6) is 0 Å². The van der Waals surface area contributed by atoms with Gasteiger partial charge in [0.2, 0.25) is 15.9 Å². The van der Waals surface area contributed by atoms with Crippen LogP contribution in [0.4, 0.5) is 0 Å². The Morgan fingerprint density at radius 1 is 1.39 bits per heavy atom. The van der Waals surface area contributed by atoms with E-state index in [1.54, 1.807) is 13.8 Å². The number of carboxylic acids is 1. The first-order valence-corrected chi connectivity index (χ1v) is 7.35. The second kappa shape index (κ2) is 5.66. The molecule has 0 spiro atoms. The third-order valence-electron chi connectivity index (χ3n) is 2.77. The molecule has 2 N–H and O–H groups in total. The number of rotatable bonds is 5. The van der Waals surface area contributed by atoms with E-state index in [2.05, 4.69) is 5.32 Å². The molecular weight excluding hydrogens is 260 g/mol. The number of sulfonamides is 1. The van der Waals surface area contributed by atoms with E-state index in [0.717, 1.165) is 4.31 Å². The van der Waals surface area contributed by atoms with Gasteiger partial charge in [-0.1, -0.05) is 13.8 Å². The molecule has 1 aliphatic rings. The van der Waals surface area contributed by atoms with Crippen LogP contribution in [-0.2, 0) is 19.6 Å². The summed E-state index contributed by atoms with van der Waals surface area (Å²) in [6.07, 6.45) is 0.502. The zero-order valence-corrected chi connectivity index (χ0v) is 11.2. The summed E-state index contributed by atoms with van der Waals surface area (Å²) >= 11 is 0. The van der Waals surface area contributed by atoms with Gasteiger partial charge in [0.15, 0.2) is 0 Å². The Morgan fingerprint density at radius 2 is 2.00 bits per heavy atom. The van der Waals surface area contributed by atoms with Crippen LogP contribution in [0, 0.1) is 5.92 Å². The van der Waals surface area contributed by atoms with Crippen molar-refractivity contribution in [3.8, 4) is 0 Å². The fourth-order valence-electron chi connectivity index (χ4n) is 1.76. The van der Waals surface area contributed by atoms with Crippen LogP contribution in [0.2, 0.25) is 0 Å². The Morgan fingerprint density at radius 3 is 2.39 bits per heavy atom. The maximum atomic E-state index is 11.6. The van der Waals surface area contributed by atoms with Gasteiger partial charge in [0.25, 0.3) is 0 Å². The minimum atomic E-state index is -3.33. The number of carbonyl (C=O) groups excluding carboxylic acids is 1. The molecule has 0 aromatic carbocycles. The van der Waals surface area contributed by atoms with Gasteiger partial charge in [0.05, 0.1) is 12.3 Å². The molecule has 0 saturated carbocycles. The molecule has 0 aromatic rings. The second-order valence-electron chi connectivity index (χ2n) is 4.63. The van der Waals surface area contributed by atoms with Crippen molar-refractivity contribution >= 4 is 21.9 Å². The summed E-state index contributed by atoms with van der Waals surface area (Å²) in [5.41, 5.74) is 0. The Balaban J connectivity index is 2.59. The lowest BCUT2D eigenvalue weighted by Gasteiger charge is -2.20. The molecule has 1 fully saturated rings. The van der Waals surface area contributed by atoms with Crippen LogP contribution >= 0.6 is 0 Å². The van der Waals surface area contributed by atoms with Crippen molar-refractivity contribution < 1.29 is 23.1 Å². The van der Waals surface area contributed by atoms with Gasteiger partial charge in [-0.2, -0.15) is 4.31 Å². The van der Waals surface area contributed by atoms with E-state index in [0.29, 0.717) is 13.0 Å². The summed E-state index contributed by atoms with van der Waals surface area (Å²) in [6.45, 7) is 3.35. The summed E-state index contributed by atoms with van der Waals surface area (Å²) in [5.74, 6) is -1.92. The van der Waals surface area contributed by atoms with Gasteiger partial charge in [0, 0.05) is 6.54 Å². The summed E-state index contributed by atoms with van der Waals surface area (Å²) in [6, 6.07) is -0.997. The Labute approximate surface area is 106 Å². The van der Waals surface area contributed by atoms with Gasteiger partial charge in [-0.25, -0.2) is 13.2 Å². The zero-order valence-electron chi connectivity index (χ0n) is 10.4. The first kappa shape index (κ1) is 14.9. The largest absolute Gasteiger partial charge is 0.480 e. The van der Waals surface area contributed by atoms with Gasteiger partial charge in [-0.15, -0.1) is 0 Å². The zero-order chi connectivity index (χ0) is 13.9. The summed E-state index contributed by atoms with van der Waals surface area (Å²) < 4.78 is 24.0. The van der Waals surface area contributed by atoms with E-state index in [1.165, 1.54) is 0 Å². The SMILES string of the molecule is CC(C)[C@H](NC(=O)CN1CCCS1(=O)=O)C(=O)O. The van der Waals surface area contributed by atoms with Crippen LogP contribution in [-0.4, -0.2) is 54.6 Å². The maximum Gasteiger partial charge on any atom is 0.326 e. The molecule has 1 aliphatic heterocycles. The average Bonchev–Trinajstić information content (AvgIpc) is 2.54. The van der Waals surface area contributed by atoms with E-state index in [-0.39, 0.29) is 18.2 Å². The Hall–Kier alpha value is -1.15. The van der Waals surface area contributed by atoms with Crippen molar-refractivity contribution in [3.63, 3.8) is 0 Å². The van der Waals surface area contributed by atoms with Crippen molar-refractivity contribution in [3.05, 3.63) is 0 Å². The molecule has 18 heavy (non-hydrogen) atoms. The molecule has 1 heterocycles. The molecule has 104 valence electrons. The maximum absolute atomic E-state index is 11.6. The molecule has 0 aromatic heterocycles. The predicted molar refractivity (Wildman–Crippen MR) is 64.4 cm³/mol. The van der Waals surface area contributed by atoms with Crippen LogP contribution in [0.15, 0.2) is 0 Å². The molecule has 0 unspecified atom stereocenters. The van der Waals surface area contributed by atoms with Crippen LogP contribution in [0.3, 0.4) is 0 Å². The third kappa shape index (κ3) is 3.67. The summed E-state index contributed by atoms with van der Waals surface area (Å²) in [5, 5.41) is 11.2. The monoisotopic (exact) mass is 278 g/mol. The minimum Gasteiger partial charge on any atom is -0.480 e. The fraction of sp³-hybridized carbons (Fsp3) is 0.800. The highest BCUT2D eigenvalue weighted by Gasteiger charge is 2.31. The van der Waals surface area contributed by atoms with Gasteiger partial charge >= 0.3 is 5.97 Å². The molecule has 0 aliphatic carbocycles. The van der Waals surface area contributed by atoms with Crippen molar-refractivity contribution in [2.24, 2.45) is 5.92 Å². The number of hydrogen-bond acceptors (Lipinski definition) is 4. The second-order valence-corrected chi connectivity index (χ2v) is 6.72. The first-order valence-electron chi connectivity index (χ1n) is 5.74. The standard InChI is InChI=1S/C10H18N2O5S/c1-7(2)9(10(14)15)11-8(13)6-12-4-3-5-18(12,16)17/h7,9H,3-6H2,1-2H3,(H,11,13)(H,14,15)/t9-/m0/s1. The van der Waals surface area contributed by atoms with Crippen molar-refractivity contribution in [2.45, 2.75) is 26.3 Å². The van der Waals surface area contributed by atoms with E-state index in [9.17, 15) is 18.0 Å². The highest BCUT2D eigenvalue weighted by atomic mass is 32.2. The van der Waals surface area contributed by atoms with Crippen LogP contribution in [0.1, 0.15) is 20.3 Å². The lowest BCUT2D eigenvalue weighted by Crippen LogP contribution is -2.48. The normalized spacial score (nSPS) is 20.8. The molecule has 8 heteroatoms. The molecule has 1 atom stereocenters. The van der Waals surface area contributed by atoms with Gasteiger partial charge < -0.3 is 10.4 Å². The van der Waals surface area contributed by atoms with E-state index in [1.807, 2.05) is 0 Å². The minimum absolute atomic E-state index is 0.0484. The number of nitrogens with one attached hydrogen (secondary N) is 1. The highest BCUT2D eigenvalue weighted by molar-refractivity contribution is 7.89. The van der Waals surface area contributed by atoms with Crippen molar-refractivity contribution in [1.82, 2.24) is 9.62 Å². The average molecular weight is 278 g/mol. The number of nitrogens with zero attached hydrogens (tertiary/aromatic N) is 1. The van der Waals surface area contributed by atoms with Gasteiger partial charge in [-0.3, -0.25) is 4.79 Å². The number of carbonyl (C=O) groups is 2. The number of hydrogen-bond donors (Lipinski definition) is 2. The number of carboxylic acid groups (broad SMARTS) is 1. The lowest BCUT2D eigenvalue weighted by atomic mass is 10.1. The van der Waals surface area contributed by atoms with Crippen LogP contribution in [0.25, 0.3) is 0 Å². The lowest BCUT2D eigenvalue weighted by molar-refractivity contribution is -0.143. The first-order chi connectivity index (χ1) is 8.24. The molecule has 1 amide bonds. The topological polar surface area (TPSA) is 104 Å². The van der Waals surface area contributed by atoms with Crippen molar-refractivity contribution in [2.75, 3.05) is 18.8 Å². The van der Waals surface area contributed by atoms with Gasteiger partial charge in [-0.05, 0) is 12.3 Å². The van der Waals surface area contributed by atoms with Crippen molar-refractivity contribution in [1.29, 1.82) is 0 Å². The predicted octanol–water partition coefficient (Wildman–Crippen LogP) is -0.753. The summed E-state index contributed by atoms with van der Waals surface area (Å²) in [4.78, 5) is 22.5. The quantitative estimate of drug-likeness (QED) is 0.688. The molecular formula is C10H18N2O5S. The molecule has 0 bridgehead atoms. The molecule has 1 rings (SSSR count). The molecule has 7 nitrogen and oxygen atoms in total. The third-order valence-corrected chi connectivity index (χ3v) is 4.68. The van der Waals surface area contributed by atoms with Gasteiger partial charge in [0.1, 0.15) is 6.04 Å². The highest BCUT2D eigenvalue weighted by Crippen LogP contribution is 2.12.